The molecule has 3 rings (SSSR count). The summed E-state index contributed by atoms with van der Waals surface area (Å²) >= 11 is 0. The quantitative estimate of drug-likeness (QED) is 0.473. The van der Waals surface area contributed by atoms with Gasteiger partial charge in [0.25, 0.3) is 0 Å². The average Bonchev–Trinajstić information content (AvgIpc) is 3.05. The van der Waals surface area contributed by atoms with E-state index >= 15 is 0 Å². The second-order valence-corrected chi connectivity index (χ2v) is 11.1. The predicted octanol–water partition coefficient (Wildman–Crippen LogP) is 6.76. The first kappa shape index (κ1) is 23.5. The first-order chi connectivity index (χ1) is 14.1. The van der Waals surface area contributed by atoms with Gasteiger partial charge in [-0.3, -0.25) is 0 Å². The molecule has 0 bridgehead atoms. The summed E-state index contributed by atoms with van der Waals surface area (Å²) in [4.78, 5) is 0. The molecule has 0 spiro atoms. The standard InChI is InChI=1S/C28H44O2/c1-18(2)9-7-10-19(3)24-14-15-25-22(11-8-16-28(24,25)6)12-13-23-17-26(29)21(5)27(30)20(23)4/h12-13,18-19,24-27,29-30H,4-5,7-11,14-17H2,1-3,6H3/b22-12+,23-13-/t19?,24-,25+,26-,27-,28-/m1/s1. The van der Waals surface area contributed by atoms with Crippen molar-refractivity contribution in [1.29, 1.82) is 0 Å². The van der Waals surface area contributed by atoms with Crippen LogP contribution in [-0.4, -0.2) is 22.4 Å². The maximum absolute atomic E-state index is 10.3. The smallest absolute Gasteiger partial charge is 0.102 e. The van der Waals surface area contributed by atoms with Gasteiger partial charge in [-0.25, -0.2) is 0 Å². The third kappa shape index (κ3) is 4.70. The first-order valence-electron chi connectivity index (χ1n) is 12.3. The zero-order chi connectivity index (χ0) is 22.1. The highest BCUT2D eigenvalue weighted by Crippen LogP contribution is 2.60. The van der Waals surface area contributed by atoms with Gasteiger partial charge in [-0.1, -0.05) is 77.8 Å². The molecule has 0 aromatic carbocycles. The lowest BCUT2D eigenvalue weighted by atomic mass is 9.60. The van der Waals surface area contributed by atoms with Crippen molar-refractivity contribution >= 4 is 0 Å². The second kappa shape index (κ2) is 9.57. The van der Waals surface area contributed by atoms with E-state index in [9.17, 15) is 10.2 Å². The Morgan fingerprint density at radius 1 is 1.10 bits per heavy atom. The highest BCUT2D eigenvalue weighted by atomic mass is 16.3. The Hall–Kier alpha value is -1.12. The molecule has 6 atom stereocenters. The van der Waals surface area contributed by atoms with Crippen LogP contribution in [0.2, 0.25) is 0 Å². The van der Waals surface area contributed by atoms with Gasteiger partial charge >= 0.3 is 0 Å². The zero-order valence-electron chi connectivity index (χ0n) is 19.8. The minimum absolute atomic E-state index is 0.427. The summed E-state index contributed by atoms with van der Waals surface area (Å²) in [5.74, 6) is 3.14. The van der Waals surface area contributed by atoms with Crippen molar-refractivity contribution in [2.45, 2.75) is 97.7 Å². The molecule has 168 valence electrons. The Morgan fingerprint density at radius 2 is 1.83 bits per heavy atom. The maximum atomic E-state index is 10.3. The van der Waals surface area contributed by atoms with Crippen LogP contribution in [0.1, 0.15) is 85.5 Å². The Morgan fingerprint density at radius 3 is 2.53 bits per heavy atom. The third-order valence-corrected chi connectivity index (χ3v) is 8.60. The van der Waals surface area contributed by atoms with Gasteiger partial charge in [0.05, 0.1) is 6.10 Å². The van der Waals surface area contributed by atoms with E-state index in [0.29, 0.717) is 28.9 Å². The van der Waals surface area contributed by atoms with Gasteiger partial charge in [0.1, 0.15) is 6.10 Å². The molecule has 3 aliphatic rings. The monoisotopic (exact) mass is 412 g/mol. The van der Waals surface area contributed by atoms with Crippen LogP contribution in [0, 0.1) is 29.1 Å². The van der Waals surface area contributed by atoms with Gasteiger partial charge < -0.3 is 10.2 Å². The van der Waals surface area contributed by atoms with Crippen LogP contribution in [0.3, 0.4) is 0 Å². The number of aliphatic hydroxyl groups is 2. The number of aliphatic hydroxyl groups excluding tert-OH is 2. The second-order valence-electron chi connectivity index (χ2n) is 11.1. The zero-order valence-corrected chi connectivity index (χ0v) is 19.8. The van der Waals surface area contributed by atoms with Gasteiger partial charge in [-0.2, -0.15) is 0 Å². The maximum Gasteiger partial charge on any atom is 0.102 e. The molecule has 0 aromatic rings. The minimum Gasteiger partial charge on any atom is -0.388 e. The van der Waals surface area contributed by atoms with Crippen molar-refractivity contribution < 1.29 is 10.2 Å². The van der Waals surface area contributed by atoms with Crippen LogP contribution in [0.4, 0.5) is 0 Å². The lowest BCUT2D eigenvalue weighted by Gasteiger charge is -2.44. The molecule has 3 aliphatic carbocycles. The average molecular weight is 413 g/mol. The summed E-state index contributed by atoms with van der Waals surface area (Å²) < 4.78 is 0. The van der Waals surface area contributed by atoms with E-state index in [-0.39, 0.29) is 0 Å². The molecular formula is C28H44O2. The van der Waals surface area contributed by atoms with Gasteiger partial charge in [-0.05, 0) is 77.9 Å². The van der Waals surface area contributed by atoms with E-state index in [1.807, 2.05) is 0 Å². The molecule has 0 heterocycles. The molecule has 0 saturated heterocycles. The van der Waals surface area contributed by atoms with Crippen molar-refractivity contribution in [3.05, 3.63) is 47.6 Å². The summed E-state index contributed by atoms with van der Waals surface area (Å²) in [5.41, 5.74) is 4.15. The Bertz CT molecular complexity index is 712. The lowest BCUT2D eigenvalue weighted by molar-refractivity contribution is 0.0928. The Kier molecular flexibility index (Phi) is 7.51. The molecule has 0 amide bonds. The molecule has 30 heavy (non-hydrogen) atoms. The topological polar surface area (TPSA) is 40.5 Å². The molecule has 0 aromatic heterocycles. The van der Waals surface area contributed by atoms with Gasteiger partial charge in [0.15, 0.2) is 0 Å². The van der Waals surface area contributed by atoms with Crippen LogP contribution in [0.25, 0.3) is 0 Å². The van der Waals surface area contributed by atoms with Crippen molar-refractivity contribution in [3.63, 3.8) is 0 Å². The van der Waals surface area contributed by atoms with Gasteiger partial charge in [-0.15, -0.1) is 0 Å². The number of rotatable bonds is 6. The molecule has 3 saturated carbocycles. The van der Waals surface area contributed by atoms with Crippen LogP contribution in [0.5, 0.6) is 0 Å². The van der Waals surface area contributed by atoms with E-state index in [1.165, 1.54) is 51.4 Å². The fraction of sp³-hybridized carbons (Fsp3) is 0.714. The number of hydrogen-bond acceptors (Lipinski definition) is 2. The highest BCUT2D eigenvalue weighted by Gasteiger charge is 2.50. The largest absolute Gasteiger partial charge is 0.388 e. The van der Waals surface area contributed by atoms with E-state index in [4.69, 9.17) is 0 Å². The van der Waals surface area contributed by atoms with Crippen molar-refractivity contribution in [1.82, 2.24) is 0 Å². The third-order valence-electron chi connectivity index (χ3n) is 8.60. The Labute approximate surface area is 184 Å². The molecule has 0 radical (unpaired) electrons. The van der Waals surface area contributed by atoms with Crippen LogP contribution < -0.4 is 0 Å². The summed E-state index contributed by atoms with van der Waals surface area (Å²) in [5, 5.41) is 20.5. The van der Waals surface area contributed by atoms with E-state index < -0.39 is 12.2 Å². The van der Waals surface area contributed by atoms with Crippen molar-refractivity contribution in [3.8, 4) is 0 Å². The molecule has 1 unspecified atom stereocenters. The summed E-state index contributed by atoms with van der Waals surface area (Å²) in [6, 6.07) is 0. The molecule has 3 fully saturated rings. The van der Waals surface area contributed by atoms with E-state index in [1.54, 1.807) is 5.57 Å². The molecule has 2 nitrogen and oxygen atoms in total. The summed E-state index contributed by atoms with van der Waals surface area (Å²) in [6.45, 7) is 17.6. The van der Waals surface area contributed by atoms with Crippen molar-refractivity contribution in [2.75, 3.05) is 0 Å². The minimum atomic E-state index is -0.822. The number of hydrogen-bond donors (Lipinski definition) is 2. The first-order valence-corrected chi connectivity index (χ1v) is 12.3. The fourth-order valence-corrected chi connectivity index (χ4v) is 6.70. The fourth-order valence-electron chi connectivity index (χ4n) is 6.70. The number of allylic oxidation sites excluding steroid dienone is 3. The van der Waals surface area contributed by atoms with Crippen LogP contribution in [-0.2, 0) is 0 Å². The SMILES string of the molecule is C=C1/C(=C\C=C2/CCC[C@]3(C)[C@@H](C(C)CCCC(C)C)CC[C@@H]23)C[C@@H](O)C(=C)[C@@H]1O. The molecule has 2 heteroatoms. The van der Waals surface area contributed by atoms with Crippen LogP contribution in [0.15, 0.2) is 47.6 Å². The summed E-state index contributed by atoms with van der Waals surface area (Å²) in [7, 11) is 0. The van der Waals surface area contributed by atoms with Crippen LogP contribution >= 0.6 is 0 Å². The summed E-state index contributed by atoms with van der Waals surface area (Å²) in [6.07, 6.45) is 14.0. The van der Waals surface area contributed by atoms with E-state index in [0.717, 1.165) is 23.3 Å². The predicted molar refractivity (Wildman–Crippen MR) is 127 cm³/mol. The normalized spacial score (nSPS) is 38.5. The molecular weight excluding hydrogens is 368 g/mol. The highest BCUT2D eigenvalue weighted by molar-refractivity contribution is 5.45. The van der Waals surface area contributed by atoms with Gasteiger partial charge in [0.2, 0.25) is 0 Å². The molecule has 0 aliphatic heterocycles. The number of fused-ring (bicyclic) bond motifs is 1. The van der Waals surface area contributed by atoms with E-state index in [2.05, 4.69) is 53.0 Å². The molecule has 2 N–H and O–H groups in total. The lowest BCUT2D eigenvalue weighted by Crippen LogP contribution is -2.36. The Balaban J connectivity index is 1.73. The van der Waals surface area contributed by atoms with Crippen molar-refractivity contribution in [2.24, 2.45) is 29.1 Å². The van der Waals surface area contributed by atoms with Gasteiger partial charge in [0, 0.05) is 6.42 Å².